The van der Waals surface area contributed by atoms with Gasteiger partial charge in [0, 0.05) is 22.7 Å². The molecule has 0 amide bonds. The summed E-state index contributed by atoms with van der Waals surface area (Å²) < 4.78 is 26.7. The standard InChI is InChI=1S/C16H10F2N2O2S.ClH/c17-10-3-6-12(13(18)7-10)14-8-23-16(20-14)19-11-4-1-9(2-5-11)15(21)22;/h1-8H,(H,19,20)(H,21,22);1H. The fourth-order valence-electron chi connectivity index (χ4n) is 1.97. The number of hydrogen-bond acceptors (Lipinski definition) is 4. The van der Waals surface area contributed by atoms with E-state index in [1.54, 1.807) is 17.5 Å². The van der Waals surface area contributed by atoms with E-state index in [2.05, 4.69) is 10.3 Å². The number of aromatic nitrogens is 1. The second-order valence-corrected chi connectivity index (χ2v) is 5.53. The van der Waals surface area contributed by atoms with Crippen LogP contribution in [0, 0.1) is 11.6 Å². The Kier molecular flexibility index (Phi) is 5.48. The summed E-state index contributed by atoms with van der Waals surface area (Å²) in [6.07, 6.45) is 0. The maximum atomic E-state index is 13.7. The second kappa shape index (κ2) is 7.37. The maximum Gasteiger partial charge on any atom is 0.335 e. The number of rotatable bonds is 4. The normalized spacial score (nSPS) is 10.1. The number of thiazole rings is 1. The van der Waals surface area contributed by atoms with Crippen molar-refractivity contribution in [3.8, 4) is 11.3 Å². The van der Waals surface area contributed by atoms with Crippen LogP contribution in [0.25, 0.3) is 11.3 Å². The largest absolute Gasteiger partial charge is 0.478 e. The van der Waals surface area contributed by atoms with Gasteiger partial charge in [-0.15, -0.1) is 23.7 Å². The molecule has 0 bridgehead atoms. The van der Waals surface area contributed by atoms with Crippen LogP contribution < -0.4 is 5.32 Å². The van der Waals surface area contributed by atoms with E-state index >= 15 is 0 Å². The van der Waals surface area contributed by atoms with Gasteiger partial charge >= 0.3 is 5.97 Å². The van der Waals surface area contributed by atoms with Crippen LogP contribution in [-0.4, -0.2) is 16.1 Å². The summed E-state index contributed by atoms with van der Waals surface area (Å²) in [7, 11) is 0. The van der Waals surface area contributed by atoms with Crippen molar-refractivity contribution < 1.29 is 18.7 Å². The van der Waals surface area contributed by atoms with E-state index in [4.69, 9.17) is 5.11 Å². The molecule has 2 N–H and O–H groups in total. The Bertz CT molecular complexity index is 869. The van der Waals surface area contributed by atoms with Crippen LogP contribution in [0.2, 0.25) is 0 Å². The SMILES string of the molecule is Cl.O=C(O)c1ccc(Nc2nc(-c3ccc(F)cc3F)cs2)cc1. The predicted molar refractivity (Wildman–Crippen MR) is 91.4 cm³/mol. The summed E-state index contributed by atoms with van der Waals surface area (Å²) >= 11 is 1.26. The van der Waals surface area contributed by atoms with Crippen molar-refractivity contribution in [3.63, 3.8) is 0 Å². The minimum absolute atomic E-state index is 0. The molecule has 0 unspecified atom stereocenters. The van der Waals surface area contributed by atoms with E-state index in [1.165, 1.54) is 35.6 Å². The van der Waals surface area contributed by atoms with Crippen molar-refractivity contribution in [2.75, 3.05) is 5.32 Å². The highest BCUT2D eigenvalue weighted by Crippen LogP contribution is 2.29. The van der Waals surface area contributed by atoms with E-state index in [9.17, 15) is 13.6 Å². The molecule has 24 heavy (non-hydrogen) atoms. The number of hydrogen-bond donors (Lipinski definition) is 2. The van der Waals surface area contributed by atoms with Crippen molar-refractivity contribution in [1.82, 2.24) is 4.98 Å². The van der Waals surface area contributed by atoms with Gasteiger partial charge in [-0.25, -0.2) is 18.6 Å². The highest BCUT2D eigenvalue weighted by atomic mass is 35.5. The third kappa shape index (κ3) is 3.87. The predicted octanol–water partition coefficient (Wildman–Crippen LogP) is 4.95. The van der Waals surface area contributed by atoms with Crippen LogP contribution in [0.5, 0.6) is 0 Å². The van der Waals surface area contributed by atoms with Crippen molar-refractivity contribution in [1.29, 1.82) is 0 Å². The molecule has 0 fully saturated rings. The lowest BCUT2D eigenvalue weighted by molar-refractivity contribution is 0.0697. The minimum atomic E-state index is -1.00. The number of nitrogens with one attached hydrogen (secondary N) is 1. The first kappa shape index (κ1) is 17.8. The van der Waals surface area contributed by atoms with Gasteiger partial charge in [0.15, 0.2) is 5.13 Å². The van der Waals surface area contributed by atoms with Crippen molar-refractivity contribution in [3.05, 3.63) is 65.0 Å². The molecule has 1 heterocycles. The third-order valence-electron chi connectivity index (χ3n) is 3.09. The average Bonchev–Trinajstić information content (AvgIpc) is 2.96. The highest BCUT2D eigenvalue weighted by molar-refractivity contribution is 7.14. The number of benzene rings is 2. The van der Waals surface area contributed by atoms with Gasteiger partial charge in [-0.1, -0.05) is 0 Å². The molecule has 0 aliphatic carbocycles. The fraction of sp³-hybridized carbons (Fsp3) is 0. The molecule has 0 atom stereocenters. The highest BCUT2D eigenvalue weighted by Gasteiger charge is 2.11. The molecular formula is C16H11ClF2N2O2S. The molecule has 0 aliphatic rings. The lowest BCUT2D eigenvalue weighted by Crippen LogP contribution is -1.96. The lowest BCUT2D eigenvalue weighted by atomic mass is 10.1. The first-order valence-corrected chi connectivity index (χ1v) is 7.42. The number of halogens is 3. The molecule has 0 radical (unpaired) electrons. The number of anilines is 2. The van der Waals surface area contributed by atoms with Crippen LogP contribution in [0.1, 0.15) is 10.4 Å². The molecule has 1 aromatic heterocycles. The monoisotopic (exact) mass is 368 g/mol. The molecule has 4 nitrogen and oxygen atoms in total. The summed E-state index contributed by atoms with van der Waals surface area (Å²) in [6, 6.07) is 9.50. The summed E-state index contributed by atoms with van der Waals surface area (Å²) in [5.74, 6) is -2.31. The van der Waals surface area contributed by atoms with Crippen LogP contribution in [-0.2, 0) is 0 Å². The summed E-state index contributed by atoms with van der Waals surface area (Å²) in [4.78, 5) is 15.0. The van der Waals surface area contributed by atoms with Gasteiger partial charge in [-0.3, -0.25) is 0 Å². The maximum absolute atomic E-state index is 13.7. The van der Waals surface area contributed by atoms with E-state index in [0.717, 1.165) is 6.07 Å². The van der Waals surface area contributed by atoms with Crippen molar-refractivity contribution in [2.45, 2.75) is 0 Å². The van der Waals surface area contributed by atoms with Crippen LogP contribution >= 0.6 is 23.7 Å². The van der Waals surface area contributed by atoms with Crippen molar-refractivity contribution in [2.24, 2.45) is 0 Å². The Balaban J connectivity index is 0.00000208. The third-order valence-corrected chi connectivity index (χ3v) is 3.85. The van der Waals surface area contributed by atoms with Gasteiger partial charge in [0.2, 0.25) is 0 Å². The molecule has 3 rings (SSSR count). The number of carbonyl (C=O) groups is 1. The minimum Gasteiger partial charge on any atom is -0.478 e. The van der Waals surface area contributed by atoms with E-state index in [0.29, 0.717) is 16.5 Å². The smallest absolute Gasteiger partial charge is 0.335 e. The summed E-state index contributed by atoms with van der Waals surface area (Å²) in [5.41, 5.74) is 1.47. The first-order chi connectivity index (χ1) is 11.0. The second-order valence-electron chi connectivity index (χ2n) is 4.67. The molecule has 2 aromatic carbocycles. The van der Waals surface area contributed by atoms with Gasteiger partial charge in [0.1, 0.15) is 11.6 Å². The average molecular weight is 369 g/mol. The van der Waals surface area contributed by atoms with Crippen molar-refractivity contribution >= 4 is 40.5 Å². The van der Waals surface area contributed by atoms with Crippen LogP contribution in [0.4, 0.5) is 19.6 Å². The molecule has 0 saturated carbocycles. The zero-order valence-electron chi connectivity index (χ0n) is 12.0. The first-order valence-electron chi connectivity index (χ1n) is 6.54. The zero-order chi connectivity index (χ0) is 16.4. The Labute approximate surface area is 146 Å². The Hall–Kier alpha value is -2.51. The molecular weight excluding hydrogens is 358 g/mol. The van der Waals surface area contributed by atoms with Gasteiger partial charge in [-0.2, -0.15) is 0 Å². The number of carboxylic acids is 1. The van der Waals surface area contributed by atoms with E-state index < -0.39 is 17.6 Å². The van der Waals surface area contributed by atoms with Crippen LogP contribution in [0.15, 0.2) is 47.8 Å². The fourth-order valence-corrected chi connectivity index (χ4v) is 2.70. The lowest BCUT2D eigenvalue weighted by Gasteiger charge is -2.03. The number of nitrogens with zero attached hydrogens (tertiary/aromatic N) is 1. The number of aromatic carboxylic acids is 1. The molecule has 0 aliphatic heterocycles. The Morgan fingerprint density at radius 2 is 1.83 bits per heavy atom. The number of carboxylic acid groups (broad SMARTS) is 1. The summed E-state index contributed by atoms with van der Waals surface area (Å²) in [5, 5.41) is 14.0. The van der Waals surface area contributed by atoms with Gasteiger partial charge in [0.05, 0.1) is 11.3 Å². The van der Waals surface area contributed by atoms with E-state index in [1.807, 2.05) is 0 Å². The van der Waals surface area contributed by atoms with E-state index in [-0.39, 0.29) is 23.5 Å². The Morgan fingerprint density at radius 3 is 2.46 bits per heavy atom. The molecule has 124 valence electrons. The molecule has 0 saturated heterocycles. The quantitative estimate of drug-likeness (QED) is 0.683. The summed E-state index contributed by atoms with van der Waals surface area (Å²) in [6.45, 7) is 0. The van der Waals surface area contributed by atoms with Gasteiger partial charge < -0.3 is 10.4 Å². The van der Waals surface area contributed by atoms with Crippen LogP contribution in [0.3, 0.4) is 0 Å². The topological polar surface area (TPSA) is 62.2 Å². The molecule has 0 spiro atoms. The van der Waals surface area contributed by atoms with Gasteiger partial charge in [0.25, 0.3) is 0 Å². The van der Waals surface area contributed by atoms with Gasteiger partial charge in [-0.05, 0) is 36.4 Å². The zero-order valence-corrected chi connectivity index (χ0v) is 13.6. The molecule has 3 aromatic rings. The molecule has 8 heteroatoms. The Morgan fingerprint density at radius 1 is 1.12 bits per heavy atom.